The highest BCUT2D eigenvalue weighted by molar-refractivity contribution is 7.90. The van der Waals surface area contributed by atoms with Crippen LogP contribution < -0.4 is 0 Å². The summed E-state index contributed by atoms with van der Waals surface area (Å²) in [4.78, 5) is 0. The van der Waals surface area contributed by atoms with Crippen molar-refractivity contribution >= 4 is 21.4 Å². The molecule has 0 saturated carbocycles. The molecule has 0 aliphatic rings. The first-order chi connectivity index (χ1) is 8.40. The first kappa shape index (κ1) is 13.0. The van der Waals surface area contributed by atoms with Gasteiger partial charge in [-0.25, -0.2) is 12.8 Å². The van der Waals surface area contributed by atoms with Gasteiger partial charge in [0.15, 0.2) is 0 Å². The molecule has 0 bridgehead atoms. The smallest absolute Gasteiger partial charge is 0.249 e. The lowest BCUT2D eigenvalue weighted by Crippen LogP contribution is -2.11. The van der Waals surface area contributed by atoms with Crippen LogP contribution in [-0.4, -0.2) is 23.2 Å². The van der Waals surface area contributed by atoms with Crippen molar-refractivity contribution in [3.05, 3.63) is 40.9 Å². The molecule has 0 amide bonds. The van der Waals surface area contributed by atoms with Crippen LogP contribution in [0.2, 0.25) is 5.02 Å². The van der Waals surface area contributed by atoms with E-state index >= 15 is 0 Å². The van der Waals surface area contributed by atoms with E-state index in [0.717, 1.165) is 12.1 Å². The molecule has 0 N–H and O–H groups in total. The molecular weight excluding hydrogens is 281 g/mol. The van der Waals surface area contributed by atoms with E-state index in [1.54, 1.807) is 0 Å². The van der Waals surface area contributed by atoms with Gasteiger partial charge >= 0.3 is 0 Å². The lowest BCUT2D eigenvalue weighted by Gasteiger charge is -2.05. The summed E-state index contributed by atoms with van der Waals surface area (Å²) in [5, 5.41) is 6.97. The number of nitrogens with zero attached hydrogens (tertiary/aromatic N) is 3. The minimum absolute atomic E-state index is 0.0701. The second kappa shape index (κ2) is 4.66. The van der Waals surface area contributed by atoms with Crippen LogP contribution in [0.4, 0.5) is 4.39 Å². The zero-order valence-electron chi connectivity index (χ0n) is 9.34. The van der Waals surface area contributed by atoms with Crippen LogP contribution in [0.25, 0.3) is 0 Å². The number of aryl methyl sites for hydroxylation is 1. The van der Waals surface area contributed by atoms with Gasteiger partial charge in [0.1, 0.15) is 12.1 Å². The van der Waals surface area contributed by atoms with Crippen molar-refractivity contribution in [3.8, 4) is 0 Å². The molecule has 0 spiro atoms. The molecule has 0 aliphatic carbocycles. The molecule has 1 aromatic carbocycles. The fraction of sp³-hybridized carbons (Fsp3) is 0.200. The Morgan fingerprint density at radius 1 is 1.44 bits per heavy atom. The highest BCUT2D eigenvalue weighted by Crippen LogP contribution is 2.21. The van der Waals surface area contributed by atoms with Gasteiger partial charge in [0.25, 0.3) is 0 Å². The topological polar surface area (TPSA) is 64.8 Å². The van der Waals surface area contributed by atoms with Gasteiger partial charge in [0, 0.05) is 12.1 Å². The summed E-state index contributed by atoms with van der Waals surface area (Å²) in [6.07, 6.45) is 1.29. The van der Waals surface area contributed by atoms with Gasteiger partial charge in [-0.15, -0.1) is 10.2 Å². The lowest BCUT2D eigenvalue weighted by molar-refractivity contribution is 0.577. The van der Waals surface area contributed by atoms with Gasteiger partial charge in [-0.2, -0.15) is 0 Å². The van der Waals surface area contributed by atoms with Gasteiger partial charge in [0.2, 0.25) is 15.0 Å². The predicted octanol–water partition coefficient (Wildman–Crippen LogP) is 1.58. The SMILES string of the molecule is Cn1cnnc1S(=O)(=O)Cc1ccc(F)cc1Cl. The Hall–Kier alpha value is -1.47. The van der Waals surface area contributed by atoms with E-state index < -0.39 is 15.7 Å². The first-order valence-corrected chi connectivity index (χ1v) is 6.94. The van der Waals surface area contributed by atoms with Crippen LogP contribution in [0.1, 0.15) is 5.56 Å². The molecule has 0 saturated heterocycles. The average Bonchev–Trinajstić information content (AvgIpc) is 2.69. The third kappa shape index (κ3) is 2.51. The van der Waals surface area contributed by atoms with E-state index in [2.05, 4.69) is 10.2 Å². The van der Waals surface area contributed by atoms with Crippen LogP contribution in [0.15, 0.2) is 29.7 Å². The summed E-state index contributed by atoms with van der Waals surface area (Å²) in [5.41, 5.74) is 0.320. The molecule has 2 rings (SSSR count). The van der Waals surface area contributed by atoms with Crippen LogP contribution in [0, 0.1) is 5.82 Å². The third-order valence-electron chi connectivity index (χ3n) is 2.31. The minimum Gasteiger partial charge on any atom is -0.308 e. The van der Waals surface area contributed by atoms with E-state index in [-0.39, 0.29) is 15.9 Å². The number of hydrogen-bond acceptors (Lipinski definition) is 4. The predicted molar refractivity (Wildman–Crippen MR) is 63.3 cm³/mol. The minimum atomic E-state index is -3.65. The Bertz CT molecular complexity index is 684. The van der Waals surface area contributed by atoms with Crippen molar-refractivity contribution in [2.24, 2.45) is 7.05 Å². The first-order valence-electron chi connectivity index (χ1n) is 4.91. The summed E-state index contributed by atoms with van der Waals surface area (Å²) in [6, 6.07) is 3.57. The molecular formula is C10H9ClFN3O2S. The Morgan fingerprint density at radius 2 is 2.17 bits per heavy atom. The third-order valence-corrected chi connectivity index (χ3v) is 4.28. The number of halogens is 2. The maximum Gasteiger partial charge on any atom is 0.249 e. The average molecular weight is 290 g/mol. The van der Waals surface area contributed by atoms with Crippen LogP contribution in [0.3, 0.4) is 0 Å². The summed E-state index contributed by atoms with van der Waals surface area (Å²) >= 11 is 5.79. The summed E-state index contributed by atoms with van der Waals surface area (Å²) in [7, 11) is -2.13. The maximum absolute atomic E-state index is 12.9. The van der Waals surface area contributed by atoms with Crippen molar-refractivity contribution < 1.29 is 12.8 Å². The van der Waals surface area contributed by atoms with Crippen LogP contribution in [0.5, 0.6) is 0 Å². The summed E-state index contributed by atoms with van der Waals surface area (Å²) < 4.78 is 38.2. The van der Waals surface area contributed by atoms with Crippen molar-refractivity contribution in [3.63, 3.8) is 0 Å². The number of sulfone groups is 1. The van der Waals surface area contributed by atoms with Crippen molar-refractivity contribution in [2.75, 3.05) is 0 Å². The second-order valence-corrected chi connectivity index (χ2v) is 6.01. The number of benzene rings is 1. The number of aromatic nitrogens is 3. The largest absolute Gasteiger partial charge is 0.308 e. The Labute approximate surface area is 108 Å². The zero-order valence-corrected chi connectivity index (χ0v) is 10.9. The molecule has 1 aromatic heterocycles. The lowest BCUT2D eigenvalue weighted by atomic mass is 10.2. The Balaban J connectivity index is 2.37. The monoisotopic (exact) mass is 289 g/mol. The van der Waals surface area contributed by atoms with E-state index in [0.29, 0.717) is 5.56 Å². The van der Waals surface area contributed by atoms with Gasteiger partial charge in [0.05, 0.1) is 5.75 Å². The quantitative estimate of drug-likeness (QED) is 0.860. The summed E-state index contributed by atoms with van der Waals surface area (Å²) in [5.74, 6) is -0.863. The van der Waals surface area contributed by atoms with E-state index in [1.165, 1.54) is 24.0 Å². The standard InChI is InChI=1S/C10H9ClFN3O2S/c1-15-6-13-14-10(15)18(16,17)5-7-2-3-8(12)4-9(7)11/h2-4,6H,5H2,1H3. The molecule has 2 aromatic rings. The molecule has 0 atom stereocenters. The van der Waals surface area contributed by atoms with Crippen molar-refractivity contribution in [1.82, 2.24) is 14.8 Å². The van der Waals surface area contributed by atoms with Gasteiger partial charge in [-0.05, 0) is 17.7 Å². The molecule has 1 heterocycles. The van der Waals surface area contributed by atoms with Crippen LogP contribution >= 0.6 is 11.6 Å². The Kier molecular flexibility index (Phi) is 3.36. The molecule has 0 fully saturated rings. The van der Waals surface area contributed by atoms with Gasteiger partial charge in [-0.3, -0.25) is 0 Å². The maximum atomic E-state index is 12.9. The normalized spacial score (nSPS) is 11.7. The molecule has 0 aliphatic heterocycles. The number of rotatable bonds is 3. The fourth-order valence-corrected chi connectivity index (χ4v) is 3.22. The van der Waals surface area contributed by atoms with E-state index in [9.17, 15) is 12.8 Å². The molecule has 5 nitrogen and oxygen atoms in total. The highest BCUT2D eigenvalue weighted by Gasteiger charge is 2.22. The van der Waals surface area contributed by atoms with Crippen molar-refractivity contribution in [1.29, 1.82) is 0 Å². The molecule has 18 heavy (non-hydrogen) atoms. The fourth-order valence-electron chi connectivity index (χ4n) is 1.46. The zero-order chi connectivity index (χ0) is 13.3. The number of hydrogen-bond donors (Lipinski definition) is 0. The van der Waals surface area contributed by atoms with Crippen LogP contribution in [-0.2, 0) is 22.6 Å². The summed E-state index contributed by atoms with van der Waals surface area (Å²) in [6.45, 7) is 0. The molecule has 0 radical (unpaired) electrons. The van der Waals surface area contributed by atoms with E-state index in [4.69, 9.17) is 11.6 Å². The Morgan fingerprint density at radius 3 is 2.72 bits per heavy atom. The second-order valence-electron chi connectivity index (χ2n) is 3.72. The molecule has 96 valence electrons. The van der Waals surface area contributed by atoms with Gasteiger partial charge < -0.3 is 4.57 Å². The molecule has 0 unspecified atom stereocenters. The van der Waals surface area contributed by atoms with Crippen molar-refractivity contribution in [2.45, 2.75) is 10.9 Å². The molecule has 8 heteroatoms. The highest BCUT2D eigenvalue weighted by atomic mass is 35.5. The van der Waals surface area contributed by atoms with E-state index in [1.807, 2.05) is 0 Å². The van der Waals surface area contributed by atoms with Gasteiger partial charge in [-0.1, -0.05) is 17.7 Å².